The zero-order valence-electron chi connectivity index (χ0n) is 2.66. The molecule has 6 heavy (non-hydrogen) atoms. The Morgan fingerprint density at radius 1 is 1.67 bits per heavy atom. The fourth-order valence-electron chi connectivity index (χ4n) is 0. The van der Waals surface area contributed by atoms with Crippen LogP contribution in [0.5, 0.6) is 0 Å². The Morgan fingerprint density at radius 3 is 1.83 bits per heavy atom. The summed E-state index contributed by atoms with van der Waals surface area (Å²) in [6, 6.07) is 0. The minimum atomic E-state index is -4.08. The highest BCUT2D eigenvalue weighted by Crippen LogP contribution is 2.27. The van der Waals surface area contributed by atoms with E-state index in [1.165, 1.54) is 4.49 Å². The molecule has 0 spiro atoms. The molecule has 0 rings (SSSR count). The van der Waals surface area contributed by atoms with E-state index < -0.39 is 7.75 Å². The fourth-order valence-corrected chi connectivity index (χ4v) is 0. The van der Waals surface area contributed by atoms with Crippen molar-refractivity contribution in [2.24, 2.45) is 0 Å². The zero-order chi connectivity index (χ0) is 5.21. The van der Waals surface area contributed by atoms with E-state index in [-0.39, 0.29) is 0 Å². The van der Waals surface area contributed by atoms with Crippen molar-refractivity contribution < 1.29 is 14.4 Å². The van der Waals surface area contributed by atoms with Gasteiger partial charge in [0.1, 0.15) is 0 Å². The summed E-state index contributed by atoms with van der Waals surface area (Å²) in [5.41, 5.74) is 0. The molecule has 0 amide bonds. The Bertz CT molecular complexity index is 74.9. The van der Waals surface area contributed by atoms with Crippen LogP contribution in [0.25, 0.3) is 0 Å². The van der Waals surface area contributed by atoms with E-state index in [2.05, 4.69) is 12.8 Å². The lowest BCUT2D eigenvalue weighted by Gasteiger charge is -1.92. The molecule has 3 N–H and O–H groups in total. The Kier molecular flexibility index (Phi) is 2.10. The van der Waals surface area contributed by atoms with Gasteiger partial charge in [-0.3, -0.25) is 0 Å². The molecule has 0 aliphatic heterocycles. The molecule has 0 heterocycles. The maximum atomic E-state index is 9.48. The van der Waals surface area contributed by atoms with Gasteiger partial charge < -0.3 is 9.79 Å². The second-order valence-electron chi connectivity index (χ2n) is 0.635. The lowest BCUT2D eigenvalue weighted by Crippen LogP contribution is -1.90. The van der Waals surface area contributed by atoms with Gasteiger partial charge in [0.15, 0.2) is 0 Å². The van der Waals surface area contributed by atoms with Crippen LogP contribution in [0, 0.1) is 0 Å². The van der Waals surface area contributed by atoms with Gasteiger partial charge in [0.25, 0.3) is 0 Å². The third-order valence-corrected chi connectivity index (χ3v) is 1.07. The minimum Gasteiger partial charge on any atom is -0.312 e. The first-order valence-corrected chi connectivity index (χ1v) is 3.03. The summed E-state index contributed by atoms with van der Waals surface area (Å²) in [6.07, 6.45) is 0. The van der Waals surface area contributed by atoms with Crippen molar-refractivity contribution >= 4 is 20.6 Å². The van der Waals surface area contributed by atoms with E-state index in [1.54, 1.807) is 0 Å². The van der Waals surface area contributed by atoms with Gasteiger partial charge in [0.2, 0.25) is 0 Å². The predicted octanol–water partition coefficient (Wildman–Crippen LogP) is -0.219. The van der Waals surface area contributed by atoms with Crippen LogP contribution in [0.15, 0.2) is 0 Å². The molecule has 6 heteroatoms. The van der Waals surface area contributed by atoms with Crippen molar-refractivity contribution in [2.75, 3.05) is 0 Å². The molecule has 0 aliphatic rings. The van der Waals surface area contributed by atoms with Crippen LogP contribution in [-0.4, -0.2) is 9.79 Å². The summed E-state index contributed by atoms with van der Waals surface area (Å²) in [6.45, 7) is 0. The Morgan fingerprint density at radius 2 is 1.83 bits per heavy atom. The van der Waals surface area contributed by atoms with Gasteiger partial charge in [-0.2, -0.15) is 4.49 Å². The van der Waals surface area contributed by atoms with Gasteiger partial charge in [-0.25, -0.2) is 4.57 Å². The maximum Gasteiger partial charge on any atom is 0.410 e. The number of hydrogen-bond donors (Lipinski definition) is 3. The zero-order valence-corrected chi connectivity index (χ0v) is 4.37. The van der Waals surface area contributed by atoms with E-state index in [9.17, 15) is 4.57 Å². The molecule has 0 saturated carbocycles. The molecule has 0 aromatic carbocycles. The number of nitrogens with one attached hydrogen (secondary N) is 1. The summed E-state index contributed by atoms with van der Waals surface area (Å²) in [7, 11) is -4.08. The summed E-state index contributed by atoms with van der Waals surface area (Å²) < 4.78 is 10.8. The first-order valence-electron chi connectivity index (χ1n) is 1.01. The van der Waals surface area contributed by atoms with Crippen molar-refractivity contribution in [3.63, 3.8) is 0 Å². The molecule has 0 atom stereocenters. The van der Waals surface area contributed by atoms with E-state index in [0.29, 0.717) is 0 Å². The van der Waals surface area contributed by atoms with Gasteiger partial charge in [-0.05, 0) is 0 Å². The molecule has 0 fully saturated rings. The van der Waals surface area contributed by atoms with Gasteiger partial charge in [0, 0.05) is 12.8 Å². The Labute approximate surface area is 40.3 Å². The van der Waals surface area contributed by atoms with E-state index >= 15 is 0 Å². The number of rotatable bonds is 1. The van der Waals surface area contributed by atoms with Crippen molar-refractivity contribution in [1.29, 1.82) is 0 Å². The summed E-state index contributed by atoms with van der Waals surface area (Å²) >= 11 is 3.78. The second kappa shape index (κ2) is 1.95. The average Bonchev–Trinajstić information content (AvgIpc) is 1.35. The van der Waals surface area contributed by atoms with Crippen molar-refractivity contribution in [3.05, 3.63) is 0 Å². The first kappa shape index (κ1) is 6.46. The van der Waals surface area contributed by atoms with Crippen LogP contribution >= 0.6 is 20.6 Å². The van der Waals surface area contributed by atoms with E-state index in [0.717, 1.165) is 0 Å². The highest BCUT2D eigenvalue weighted by atomic mass is 32.1. The molecule has 1 radical (unpaired) electrons. The lowest BCUT2D eigenvalue weighted by atomic mass is 13.9. The molecule has 0 aliphatic carbocycles. The van der Waals surface area contributed by atoms with Crippen molar-refractivity contribution in [2.45, 2.75) is 0 Å². The molecule has 4 nitrogen and oxygen atoms in total. The molecule has 0 aromatic heterocycles. The maximum absolute atomic E-state index is 9.48. The van der Waals surface area contributed by atoms with Crippen LogP contribution in [-0.2, 0) is 4.57 Å². The third kappa shape index (κ3) is 4.46. The molecule has 37 valence electrons. The monoisotopic (exact) mass is 128 g/mol. The smallest absolute Gasteiger partial charge is 0.312 e. The summed E-state index contributed by atoms with van der Waals surface area (Å²) in [5.74, 6) is 0. The largest absolute Gasteiger partial charge is 0.410 e. The second-order valence-corrected chi connectivity index (χ2v) is 2.45. The van der Waals surface area contributed by atoms with Gasteiger partial charge >= 0.3 is 7.75 Å². The molecule has 0 aromatic rings. The Hall–Kier alpha value is 0.460. The van der Waals surface area contributed by atoms with Crippen molar-refractivity contribution in [1.82, 2.24) is 4.49 Å². The molecule has 0 bridgehead atoms. The van der Waals surface area contributed by atoms with Crippen LogP contribution in [0.2, 0.25) is 0 Å². The van der Waals surface area contributed by atoms with E-state index in [1.807, 2.05) is 0 Å². The molecular weight excluding hydrogens is 125 g/mol. The highest BCUT2D eigenvalue weighted by molar-refractivity contribution is 7.85. The molecule has 0 unspecified atom stereocenters. The SMILES string of the molecule is O=P(O)(O)N[S]. The fraction of sp³-hybridized carbons (Fsp3) is 0. The average molecular weight is 128 g/mol. The first-order chi connectivity index (χ1) is 2.56. The van der Waals surface area contributed by atoms with Crippen LogP contribution in [0.4, 0.5) is 0 Å². The topological polar surface area (TPSA) is 69.6 Å². The van der Waals surface area contributed by atoms with Crippen LogP contribution in [0.1, 0.15) is 0 Å². The molecular formula is H3NO3PS. The van der Waals surface area contributed by atoms with Crippen LogP contribution in [0.3, 0.4) is 0 Å². The van der Waals surface area contributed by atoms with Crippen LogP contribution < -0.4 is 4.49 Å². The van der Waals surface area contributed by atoms with Crippen molar-refractivity contribution in [3.8, 4) is 0 Å². The van der Waals surface area contributed by atoms with Gasteiger partial charge in [0.05, 0.1) is 0 Å². The standard InChI is InChI=1S/H3NO3PS/c2-5(3,4)1-6/h(H3,1,2,3,4). The minimum absolute atomic E-state index is 1.35. The predicted molar refractivity (Wildman–Crippen MR) is 22.8 cm³/mol. The normalized spacial score (nSPS) is 11.8. The Balaban J connectivity index is 3.48. The van der Waals surface area contributed by atoms with E-state index in [4.69, 9.17) is 9.79 Å². The summed E-state index contributed by atoms with van der Waals surface area (Å²) in [4.78, 5) is 15.4. The van der Waals surface area contributed by atoms with Gasteiger partial charge in [-0.15, -0.1) is 0 Å². The molecule has 0 saturated heterocycles. The van der Waals surface area contributed by atoms with Gasteiger partial charge in [-0.1, -0.05) is 0 Å². The lowest BCUT2D eigenvalue weighted by molar-refractivity contribution is 0.370. The number of hydrogen-bond acceptors (Lipinski definition) is 1. The quantitative estimate of drug-likeness (QED) is 0.427. The summed E-state index contributed by atoms with van der Waals surface area (Å²) in [5, 5.41) is 0. The highest BCUT2D eigenvalue weighted by Gasteiger charge is 2.06. The third-order valence-electron chi connectivity index (χ3n) is 0.119.